The predicted molar refractivity (Wildman–Crippen MR) is 44.7 cm³/mol. The standard InChI is InChI=1S/C9H15NO2/c10-4-9(5-12-6-9)8(11)7-2-1-3-7/h7H,1-6,10H2. The van der Waals surface area contributed by atoms with E-state index in [2.05, 4.69) is 0 Å². The third-order valence-corrected chi connectivity index (χ3v) is 3.15. The van der Waals surface area contributed by atoms with E-state index in [1.165, 1.54) is 6.42 Å². The van der Waals surface area contributed by atoms with Gasteiger partial charge in [0.15, 0.2) is 0 Å². The lowest BCUT2D eigenvalue weighted by Gasteiger charge is -2.43. The number of carbonyl (C=O) groups excluding carboxylic acids is 1. The number of hydrogen-bond donors (Lipinski definition) is 1. The molecule has 0 amide bonds. The lowest BCUT2D eigenvalue weighted by molar-refractivity contribution is -0.163. The molecule has 2 N–H and O–H groups in total. The van der Waals surface area contributed by atoms with Crippen LogP contribution in [-0.2, 0) is 9.53 Å². The summed E-state index contributed by atoms with van der Waals surface area (Å²) in [5, 5.41) is 0. The highest BCUT2D eigenvalue weighted by molar-refractivity contribution is 5.88. The van der Waals surface area contributed by atoms with Crippen LogP contribution >= 0.6 is 0 Å². The summed E-state index contributed by atoms with van der Waals surface area (Å²) in [4.78, 5) is 11.8. The summed E-state index contributed by atoms with van der Waals surface area (Å²) in [6, 6.07) is 0. The molecule has 0 spiro atoms. The topological polar surface area (TPSA) is 52.3 Å². The molecule has 1 saturated carbocycles. The average Bonchev–Trinajstić information content (AvgIpc) is 1.81. The van der Waals surface area contributed by atoms with Gasteiger partial charge in [-0.2, -0.15) is 0 Å². The molecule has 0 aromatic heterocycles. The van der Waals surface area contributed by atoms with E-state index in [1.54, 1.807) is 0 Å². The zero-order valence-electron chi connectivity index (χ0n) is 7.21. The molecule has 68 valence electrons. The molecule has 1 aliphatic heterocycles. The van der Waals surface area contributed by atoms with E-state index in [0.717, 1.165) is 12.8 Å². The van der Waals surface area contributed by atoms with Crippen LogP contribution in [0.5, 0.6) is 0 Å². The second kappa shape index (κ2) is 2.82. The molecule has 0 radical (unpaired) electrons. The predicted octanol–water partition coefficient (Wildman–Crippen LogP) is 0.331. The third-order valence-electron chi connectivity index (χ3n) is 3.15. The van der Waals surface area contributed by atoms with Crippen molar-refractivity contribution in [3.05, 3.63) is 0 Å². The molecular weight excluding hydrogens is 154 g/mol. The van der Waals surface area contributed by atoms with Gasteiger partial charge in [-0.15, -0.1) is 0 Å². The molecule has 2 rings (SSSR count). The number of Topliss-reactive ketones (excluding diaryl/α,β-unsaturated/α-hetero) is 1. The molecule has 0 aromatic rings. The first-order valence-electron chi connectivity index (χ1n) is 4.61. The Kier molecular flexibility index (Phi) is 1.93. The van der Waals surface area contributed by atoms with Crippen molar-refractivity contribution in [1.29, 1.82) is 0 Å². The van der Waals surface area contributed by atoms with Crippen LogP contribution in [0.4, 0.5) is 0 Å². The van der Waals surface area contributed by atoms with E-state index >= 15 is 0 Å². The van der Waals surface area contributed by atoms with Gasteiger partial charge in [0.25, 0.3) is 0 Å². The second-order valence-electron chi connectivity index (χ2n) is 3.97. The molecule has 0 atom stereocenters. The van der Waals surface area contributed by atoms with Crippen LogP contribution in [0.3, 0.4) is 0 Å². The van der Waals surface area contributed by atoms with Crippen LogP contribution in [0.2, 0.25) is 0 Å². The van der Waals surface area contributed by atoms with E-state index in [4.69, 9.17) is 10.5 Å². The van der Waals surface area contributed by atoms with Crippen LogP contribution in [0.1, 0.15) is 19.3 Å². The lowest BCUT2D eigenvalue weighted by atomic mass is 9.69. The smallest absolute Gasteiger partial charge is 0.148 e. The minimum atomic E-state index is -0.287. The fraction of sp³-hybridized carbons (Fsp3) is 0.889. The molecule has 0 aromatic carbocycles. The van der Waals surface area contributed by atoms with Crippen molar-refractivity contribution in [3.63, 3.8) is 0 Å². The maximum atomic E-state index is 11.8. The van der Waals surface area contributed by atoms with Crippen molar-refractivity contribution in [2.75, 3.05) is 19.8 Å². The van der Waals surface area contributed by atoms with Crippen LogP contribution < -0.4 is 5.73 Å². The Morgan fingerprint density at radius 3 is 2.42 bits per heavy atom. The third kappa shape index (κ3) is 1.00. The monoisotopic (exact) mass is 169 g/mol. The van der Waals surface area contributed by atoms with Gasteiger partial charge >= 0.3 is 0 Å². The van der Waals surface area contributed by atoms with Gasteiger partial charge in [0.2, 0.25) is 0 Å². The van der Waals surface area contributed by atoms with Gasteiger partial charge in [0.1, 0.15) is 5.78 Å². The largest absolute Gasteiger partial charge is 0.379 e. The fourth-order valence-corrected chi connectivity index (χ4v) is 1.81. The highest BCUT2D eigenvalue weighted by atomic mass is 16.5. The molecule has 1 aliphatic carbocycles. The number of ketones is 1. The van der Waals surface area contributed by atoms with Crippen molar-refractivity contribution in [1.82, 2.24) is 0 Å². The van der Waals surface area contributed by atoms with Gasteiger partial charge in [-0.25, -0.2) is 0 Å². The first kappa shape index (κ1) is 8.20. The molecule has 0 unspecified atom stereocenters. The Hall–Kier alpha value is -0.410. The van der Waals surface area contributed by atoms with Gasteiger partial charge in [-0.1, -0.05) is 6.42 Å². The van der Waals surface area contributed by atoms with Crippen molar-refractivity contribution < 1.29 is 9.53 Å². The Balaban J connectivity index is 2.00. The summed E-state index contributed by atoms with van der Waals surface area (Å²) in [6.07, 6.45) is 3.35. The maximum absolute atomic E-state index is 11.8. The normalized spacial score (nSPS) is 27.4. The summed E-state index contributed by atoms with van der Waals surface area (Å²) in [6.45, 7) is 1.57. The van der Waals surface area contributed by atoms with Gasteiger partial charge in [0.05, 0.1) is 18.6 Å². The van der Waals surface area contributed by atoms with Crippen molar-refractivity contribution in [2.24, 2.45) is 17.1 Å². The number of rotatable bonds is 3. The van der Waals surface area contributed by atoms with Gasteiger partial charge in [-0.05, 0) is 12.8 Å². The van der Waals surface area contributed by atoms with Crippen LogP contribution in [0, 0.1) is 11.3 Å². The Labute approximate surface area is 72.3 Å². The van der Waals surface area contributed by atoms with Crippen molar-refractivity contribution in [2.45, 2.75) is 19.3 Å². The van der Waals surface area contributed by atoms with E-state index in [-0.39, 0.29) is 5.41 Å². The molecule has 2 fully saturated rings. The number of ether oxygens (including phenoxy) is 1. The van der Waals surface area contributed by atoms with Crippen LogP contribution in [0.25, 0.3) is 0 Å². The zero-order valence-corrected chi connectivity index (χ0v) is 7.21. The average molecular weight is 169 g/mol. The highest BCUT2D eigenvalue weighted by Crippen LogP contribution is 2.37. The summed E-state index contributed by atoms with van der Waals surface area (Å²) in [5.74, 6) is 0.667. The van der Waals surface area contributed by atoms with Gasteiger partial charge in [0, 0.05) is 12.5 Å². The molecule has 1 heterocycles. The van der Waals surface area contributed by atoms with Gasteiger partial charge < -0.3 is 10.5 Å². The Morgan fingerprint density at radius 1 is 1.50 bits per heavy atom. The lowest BCUT2D eigenvalue weighted by Crippen LogP contribution is -2.56. The van der Waals surface area contributed by atoms with Gasteiger partial charge in [-0.3, -0.25) is 4.79 Å². The summed E-state index contributed by atoms with van der Waals surface area (Å²) >= 11 is 0. The minimum Gasteiger partial charge on any atom is -0.379 e. The molecule has 0 bridgehead atoms. The van der Waals surface area contributed by atoms with E-state index in [9.17, 15) is 4.79 Å². The van der Waals surface area contributed by atoms with E-state index in [0.29, 0.717) is 31.5 Å². The van der Waals surface area contributed by atoms with Crippen LogP contribution in [-0.4, -0.2) is 25.5 Å². The van der Waals surface area contributed by atoms with E-state index < -0.39 is 0 Å². The summed E-state index contributed by atoms with van der Waals surface area (Å²) < 4.78 is 5.07. The Morgan fingerprint density at radius 2 is 2.17 bits per heavy atom. The quantitative estimate of drug-likeness (QED) is 0.662. The minimum absolute atomic E-state index is 0.287. The van der Waals surface area contributed by atoms with Crippen molar-refractivity contribution >= 4 is 5.78 Å². The van der Waals surface area contributed by atoms with Crippen LogP contribution in [0.15, 0.2) is 0 Å². The molecular formula is C9H15NO2. The molecule has 2 aliphatic rings. The molecule has 12 heavy (non-hydrogen) atoms. The SMILES string of the molecule is NCC1(C(=O)C2CCC2)COC1. The molecule has 3 nitrogen and oxygen atoms in total. The number of hydrogen-bond acceptors (Lipinski definition) is 3. The Bertz CT molecular complexity index is 189. The maximum Gasteiger partial charge on any atom is 0.148 e. The first-order chi connectivity index (χ1) is 5.78. The highest BCUT2D eigenvalue weighted by Gasteiger charge is 2.48. The molecule has 3 heteroatoms. The van der Waals surface area contributed by atoms with Crippen molar-refractivity contribution in [3.8, 4) is 0 Å². The number of nitrogens with two attached hydrogens (primary N) is 1. The number of carbonyl (C=O) groups is 1. The summed E-state index contributed by atoms with van der Waals surface area (Å²) in [7, 11) is 0. The van der Waals surface area contributed by atoms with E-state index in [1.807, 2.05) is 0 Å². The second-order valence-corrected chi connectivity index (χ2v) is 3.97. The fourth-order valence-electron chi connectivity index (χ4n) is 1.81. The zero-order chi connectivity index (χ0) is 8.60. The molecule has 1 saturated heterocycles. The summed E-state index contributed by atoms with van der Waals surface area (Å²) in [5.41, 5.74) is 5.30. The first-order valence-corrected chi connectivity index (χ1v) is 4.61.